The van der Waals surface area contributed by atoms with Crippen LogP contribution in [-0.4, -0.2) is 0 Å². The molecule has 2 aromatic carbocycles. The molecule has 0 fully saturated rings. The van der Waals surface area contributed by atoms with Gasteiger partial charge < -0.3 is 5.32 Å². The molecule has 0 heterocycles. The number of nitrogens with one attached hydrogen (secondary N) is 1. The summed E-state index contributed by atoms with van der Waals surface area (Å²) in [5.74, 6) is -0.754. The van der Waals surface area contributed by atoms with E-state index in [-0.39, 0.29) is 10.8 Å². The van der Waals surface area contributed by atoms with Gasteiger partial charge in [-0.25, -0.2) is 8.78 Å². The molecule has 0 saturated heterocycles. The van der Waals surface area contributed by atoms with Crippen LogP contribution >= 0.6 is 27.5 Å². The summed E-state index contributed by atoms with van der Waals surface area (Å²) in [5, 5.41) is 3.19. The van der Waals surface area contributed by atoms with Crippen molar-refractivity contribution in [3.8, 4) is 0 Å². The highest BCUT2D eigenvalue weighted by Crippen LogP contribution is 2.21. The van der Waals surface area contributed by atoms with Gasteiger partial charge in [-0.1, -0.05) is 17.7 Å². The first-order valence-electron chi connectivity index (χ1n) is 5.19. The lowest BCUT2D eigenvalue weighted by atomic mass is 10.2. The molecular formula is C13H9BrClF2N. The predicted octanol–water partition coefficient (Wildman–Crippen LogP) is 4.99. The second-order valence-electron chi connectivity index (χ2n) is 3.73. The van der Waals surface area contributed by atoms with Crippen molar-refractivity contribution in [2.45, 2.75) is 6.54 Å². The zero-order valence-corrected chi connectivity index (χ0v) is 11.5. The van der Waals surface area contributed by atoms with E-state index in [1.807, 2.05) is 0 Å². The SMILES string of the molecule is Fc1ccc(CNc2ccc(F)c(Br)c2)cc1Cl. The monoisotopic (exact) mass is 331 g/mol. The Morgan fingerprint density at radius 3 is 2.44 bits per heavy atom. The minimum atomic E-state index is -0.440. The molecule has 0 saturated carbocycles. The van der Waals surface area contributed by atoms with Crippen molar-refractivity contribution >= 4 is 33.2 Å². The molecule has 0 unspecified atom stereocenters. The first kappa shape index (κ1) is 13.3. The van der Waals surface area contributed by atoms with Gasteiger partial charge in [0.25, 0.3) is 0 Å². The van der Waals surface area contributed by atoms with Gasteiger partial charge in [0, 0.05) is 12.2 Å². The summed E-state index contributed by atoms with van der Waals surface area (Å²) in [6, 6.07) is 9.16. The molecule has 0 aliphatic rings. The molecule has 0 amide bonds. The fourth-order valence-corrected chi connectivity index (χ4v) is 2.04. The van der Waals surface area contributed by atoms with Crippen LogP contribution in [0.5, 0.6) is 0 Å². The third kappa shape index (κ3) is 3.21. The number of rotatable bonds is 3. The molecule has 0 aromatic heterocycles. The second kappa shape index (κ2) is 5.67. The summed E-state index contributed by atoms with van der Waals surface area (Å²) in [4.78, 5) is 0. The lowest BCUT2D eigenvalue weighted by Crippen LogP contribution is -2.00. The van der Waals surface area contributed by atoms with Gasteiger partial charge in [-0.15, -0.1) is 0 Å². The smallest absolute Gasteiger partial charge is 0.141 e. The molecule has 94 valence electrons. The molecule has 1 nitrogen and oxygen atoms in total. The molecule has 18 heavy (non-hydrogen) atoms. The van der Waals surface area contributed by atoms with Crippen LogP contribution in [0.3, 0.4) is 0 Å². The minimum absolute atomic E-state index is 0.0922. The van der Waals surface area contributed by atoms with Crippen LogP contribution in [0, 0.1) is 11.6 Å². The van der Waals surface area contributed by atoms with Gasteiger partial charge in [-0.3, -0.25) is 0 Å². The molecule has 2 rings (SSSR count). The topological polar surface area (TPSA) is 12.0 Å². The van der Waals surface area contributed by atoms with Crippen molar-refractivity contribution in [3.63, 3.8) is 0 Å². The van der Waals surface area contributed by atoms with Crippen molar-refractivity contribution in [1.82, 2.24) is 0 Å². The Bertz CT molecular complexity index is 523. The highest BCUT2D eigenvalue weighted by Gasteiger charge is 2.02. The average Bonchev–Trinajstić information content (AvgIpc) is 2.35. The Morgan fingerprint density at radius 1 is 1.06 bits per heavy atom. The summed E-state index contributed by atoms with van der Waals surface area (Å²) in [7, 11) is 0. The van der Waals surface area contributed by atoms with Gasteiger partial charge >= 0.3 is 0 Å². The standard InChI is InChI=1S/C13H9BrClF2N/c14-10-6-9(2-4-12(10)16)18-7-8-1-3-13(17)11(15)5-8/h1-6,18H,7H2. The van der Waals surface area contributed by atoms with E-state index >= 15 is 0 Å². The summed E-state index contributed by atoms with van der Waals surface area (Å²) in [5.41, 5.74) is 1.62. The fraction of sp³-hybridized carbons (Fsp3) is 0.0769. The summed E-state index contributed by atoms with van der Waals surface area (Å²) < 4.78 is 26.4. The minimum Gasteiger partial charge on any atom is -0.381 e. The normalized spacial score (nSPS) is 10.4. The number of hydrogen-bond donors (Lipinski definition) is 1. The first-order chi connectivity index (χ1) is 8.56. The number of benzene rings is 2. The molecule has 0 aliphatic carbocycles. The van der Waals surface area contributed by atoms with E-state index in [4.69, 9.17) is 11.6 Å². The van der Waals surface area contributed by atoms with E-state index in [0.29, 0.717) is 11.0 Å². The second-order valence-corrected chi connectivity index (χ2v) is 4.99. The molecule has 1 N–H and O–H groups in total. The maximum absolute atomic E-state index is 13.0. The van der Waals surface area contributed by atoms with Crippen molar-refractivity contribution < 1.29 is 8.78 Å². The molecule has 0 radical (unpaired) electrons. The summed E-state index contributed by atoms with van der Waals surface area (Å²) >= 11 is 8.79. The van der Waals surface area contributed by atoms with Crippen molar-refractivity contribution in [3.05, 3.63) is 63.1 Å². The largest absolute Gasteiger partial charge is 0.381 e. The molecule has 0 atom stereocenters. The van der Waals surface area contributed by atoms with Gasteiger partial charge in [0.05, 0.1) is 9.50 Å². The molecule has 0 bridgehead atoms. The molecule has 5 heteroatoms. The molecule has 2 aromatic rings. The van der Waals surface area contributed by atoms with Crippen molar-refractivity contribution in [1.29, 1.82) is 0 Å². The van der Waals surface area contributed by atoms with Gasteiger partial charge in [0.1, 0.15) is 11.6 Å². The van der Waals surface area contributed by atoms with Crippen LogP contribution in [0.1, 0.15) is 5.56 Å². The third-order valence-electron chi connectivity index (χ3n) is 2.40. The summed E-state index contributed by atoms with van der Waals surface area (Å²) in [6.45, 7) is 0.484. The number of halogens is 4. The quantitative estimate of drug-likeness (QED) is 0.834. The number of hydrogen-bond acceptors (Lipinski definition) is 1. The average molecular weight is 333 g/mol. The highest BCUT2D eigenvalue weighted by atomic mass is 79.9. The lowest BCUT2D eigenvalue weighted by molar-refractivity contribution is 0.621. The van der Waals surface area contributed by atoms with E-state index in [1.54, 1.807) is 24.3 Å². The predicted molar refractivity (Wildman–Crippen MR) is 72.8 cm³/mol. The van der Waals surface area contributed by atoms with Crippen LogP contribution in [0.4, 0.5) is 14.5 Å². The van der Waals surface area contributed by atoms with Gasteiger partial charge in [0.15, 0.2) is 0 Å². The van der Waals surface area contributed by atoms with Gasteiger partial charge in [-0.05, 0) is 51.8 Å². The van der Waals surface area contributed by atoms with E-state index in [1.165, 1.54) is 12.1 Å². The van der Waals surface area contributed by atoms with Crippen molar-refractivity contribution in [2.75, 3.05) is 5.32 Å². The Hall–Kier alpha value is -1.13. The fourth-order valence-electron chi connectivity index (χ4n) is 1.46. The van der Waals surface area contributed by atoms with Gasteiger partial charge in [0.2, 0.25) is 0 Å². The lowest BCUT2D eigenvalue weighted by Gasteiger charge is -2.08. The van der Waals surface area contributed by atoms with E-state index in [2.05, 4.69) is 21.2 Å². The maximum atomic E-state index is 13.0. The Balaban J connectivity index is 2.06. The van der Waals surface area contributed by atoms with E-state index in [9.17, 15) is 8.78 Å². The highest BCUT2D eigenvalue weighted by molar-refractivity contribution is 9.10. The number of anilines is 1. The van der Waals surface area contributed by atoms with Crippen LogP contribution in [0.25, 0.3) is 0 Å². The summed E-state index contributed by atoms with van der Waals surface area (Å²) in [6.07, 6.45) is 0. The van der Waals surface area contributed by atoms with E-state index in [0.717, 1.165) is 11.3 Å². The van der Waals surface area contributed by atoms with Crippen LogP contribution < -0.4 is 5.32 Å². The van der Waals surface area contributed by atoms with Crippen LogP contribution in [-0.2, 0) is 6.54 Å². The molecule has 0 spiro atoms. The van der Waals surface area contributed by atoms with Gasteiger partial charge in [-0.2, -0.15) is 0 Å². The van der Waals surface area contributed by atoms with Crippen LogP contribution in [0.15, 0.2) is 40.9 Å². The third-order valence-corrected chi connectivity index (χ3v) is 3.30. The Morgan fingerprint density at radius 2 is 1.78 bits per heavy atom. The molecule has 0 aliphatic heterocycles. The molecular weight excluding hydrogens is 324 g/mol. The van der Waals surface area contributed by atoms with Crippen molar-refractivity contribution in [2.24, 2.45) is 0 Å². The maximum Gasteiger partial charge on any atom is 0.141 e. The van der Waals surface area contributed by atoms with Crippen LogP contribution in [0.2, 0.25) is 5.02 Å². The zero-order valence-electron chi connectivity index (χ0n) is 9.18. The zero-order chi connectivity index (χ0) is 13.1. The van der Waals surface area contributed by atoms with E-state index < -0.39 is 5.82 Å². The first-order valence-corrected chi connectivity index (χ1v) is 6.36. The Labute approximate surface area is 117 Å². The Kier molecular flexibility index (Phi) is 4.19.